The molecule has 0 aromatic heterocycles. The molecular formula is C14H18O4. The molecule has 0 unspecified atom stereocenters. The van der Waals surface area contributed by atoms with Gasteiger partial charge in [0.05, 0.1) is 18.3 Å². The summed E-state index contributed by atoms with van der Waals surface area (Å²) >= 11 is 0. The summed E-state index contributed by atoms with van der Waals surface area (Å²) in [5, 5.41) is 0. The molecule has 0 fully saturated rings. The van der Waals surface area contributed by atoms with Crippen molar-refractivity contribution in [1.29, 1.82) is 0 Å². The Morgan fingerprint density at radius 1 is 1.22 bits per heavy atom. The third-order valence-corrected chi connectivity index (χ3v) is 2.16. The predicted molar refractivity (Wildman–Crippen MR) is 67.8 cm³/mol. The molecule has 4 heteroatoms. The van der Waals surface area contributed by atoms with E-state index in [0.29, 0.717) is 11.3 Å². The van der Waals surface area contributed by atoms with Crippen molar-refractivity contribution in [3.8, 4) is 5.75 Å². The Morgan fingerprint density at radius 2 is 1.89 bits per heavy atom. The number of hydrogen-bond donors (Lipinski definition) is 0. The lowest BCUT2D eigenvalue weighted by atomic mass is 10.1. The molecule has 18 heavy (non-hydrogen) atoms. The molecule has 0 atom stereocenters. The third kappa shape index (κ3) is 4.20. The molecule has 1 aromatic carbocycles. The zero-order valence-electron chi connectivity index (χ0n) is 10.9. The Balaban J connectivity index is 2.81. The van der Waals surface area contributed by atoms with Crippen LogP contribution in [0.25, 0.3) is 0 Å². The Morgan fingerprint density at radius 3 is 2.50 bits per heavy atom. The van der Waals surface area contributed by atoms with E-state index in [9.17, 15) is 9.59 Å². The van der Waals surface area contributed by atoms with E-state index in [-0.39, 0.29) is 24.9 Å². The van der Waals surface area contributed by atoms with Gasteiger partial charge < -0.3 is 9.47 Å². The van der Waals surface area contributed by atoms with E-state index < -0.39 is 5.97 Å². The summed E-state index contributed by atoms with van der Waals surface area (Å²) in [7, 11) is 0. The Bertz CT molecular complexity index is 424. The standard InChI is InChI=1S/C14H18O4/c1-4-17-14(16)9-12(15)11-7-5-6-8-13(11)18-10(2)3/h5-8,10H,4,9H2,1-3H3. The van der Waals surface area contributed by atoms with Gasteiger partial charge in [-0.3, -0.25) is 9.59 Å². The fourth-order valence-corrected chi connectivity index (χ4v) is 1.49. The van der Waals surface area contributed by atoms with Crippen molar-refractivity contribution in [3.63, 3.8) is 0 Å². The molecular weight excluding hydrogens is 232 g/mol. The van der Waals surface area contributed by atoms with E-state index >= 15 is 0 Å². The van der Waals surface area contributed by atoms with Crippen molar-refractivity contribution in [2.24, 2.45) is 0 Å². The van der Waals surface area contributed by atoms with Gasteiger partial charge in [0.1, 0.15) is 12.2 Å². The van der Waals surface area contributed by atoms with Crippen molar-refractivity contribution in [1.82, 2.24) is 0 Å². The molecule has 0 saturated heterocycles. The van der Waals surface area contributed by atoms with Gasteiger partial charge in [0.25, 0.3) is 0 Å². The summed E-state index contributed by atoms with van der Waals surface area (Å²) < 4.78 is 10.3. The number of benzene rings is 1. The molecule has 0 saturated carbocycles. The van der Waals surface area contributed by atoms with Gasteiger partial charge in [0.2, 0.25) is 0 Å². The average Bonchev–Trinajstić information content (AvgIpc) is 2.28. The van der Waals surface area contributed by atoms with Crippen LogP contribution in [-0.4, -0.2) is 24.5 Å². The maximum atomic E-state index is 12.0. The van der Waals surface area contributed by atoms with Gasteiger partial charge in [-0.05, 0) is 32.9 Å². The van der Waals surface area contributed by atoms with E-state index in [4.69, 9.17) is 9.47 Å². The SMILES string of the molecule is CCOC(=O)CC(=O)c1ccccc1OC(C)C. The van der Waals surface area contributed by atoms with Crippen LogP contribution in [-0.2, 0) is 9.53 Å². The smallest absolute Gasteiger partial charge is 0.313 e. The van der Waals surface area contributed by atoms with E-state index in [2.05, 4.69) is 0 Å². The number of hydrogen-bond acceptors (Lipinski definition) is 4. The van der Waals surface area contributed by atoms with Crippen LogP contribution < -0.4 is 4.74 Å². The second-order valence-electron chi connectivity index (χ2n) is 4.07. The molecule has 4 nitrogen and oxygen atoms in total. The monoisotopic (exact) mass is 250 g/mol. The minimum Gasteiger partial charge on any atom is -0.490 e. The van der Waals surface area contributed by atoms with Crippen LogP contribution in [0.5, 0.6) is 5.75 Å². The molecule has 0 heterocycles. The van der Waals surface area contributed by atoms with Crippen molar-refractivity contribution >= 4 is 11.8 Å². The molecule has 1 rings (SSSR count). The normalized spacial score (nSPS) is 10.2. The molecule has 0 spiro atoms. The van der Waals surface area contributed by atoms with E-state index in [1.807, 2.05) is 13.8 Å². The Labute approximate surface area is 107 Å². The van der Waals surface area contributed by atoms with Crippen LogP contribution in [0, 0.1) is 0 Å². The van der Waals surface area contributed by atoms with Gasteiger partial charge in [-0.2, -0.15) is 0 Å². The largest absolute Gasteiger partial charge is 0.490 e. The second kappa shape index (κ2) is 6.79. The second-order valence-corrected chi connectivity index (χ2v) is 4.07. The number of ether oxygens (including phenoxy) is 2. The quantitative estimate of drug-likeness (QED) is 0.442. The van der Waals surface area contributed by atoms with Gasteiger partial charge >= 0.3 is 5.97 Å². The molecule has 0 aliphatic carbocycles. The van der Waals surface area contributed by atoms with Crippen molar-refractivity contribution in [2.75, 3.05) is 6.61 Å². The zero-order chi connectivity index (χ0) is 13.5. The van der Waals surface area contributed by atoms with Crippen LogP contribution in [0.1, 0.15) is 37.6 Å². The molecule has 98 valence electrons. The van der Waals surface area contributed by atoms with Crippen molar-refractivity contribution < 1.29 is 19.1 Å². The molecule has 0 aliphatic heterocycles. The molecule has 0 amide bonds. The lowest BCUT2D eigenvalue weighted by Crippen LogP contribution is -2.14. The van der Waals surface area contributed by atoms with Gasteiger partial charge in [-0.15, -0.1) is 0 Å². The van der Waals surface area contributed by atoms with Crippen LogP contribution in [0.3, 0.4) is 0 Å². The highest BCUT2D eigenvalue weighted by molar-refractivity contribution is 6.07. The average molecular weight is 250 g/mol. The number of carbonyl (C=O) groups is 2. The molecule has 0 radical (unpaired) electrons. The van der Waals surface area contributed by atoms with Crippen LogP contribution >= 0.6 is 0 Å². The zero-order valence-corrected chi connectivity index (χ0v) is 10.9. The maximum Gasteiger partial charge on any atom is 0.313 e. The summed E-state index contributed by atoms with van der Waals surface area (Å²) in [6, 6.07) is 6.90. The number of carbonyl (C=O) groups excluding carboxylic acids is 2. The van der Waals surface area contributed by atoms with Crippen molar-refractivity contribution in [3.05, 3.63) is 29.8 Å². The predicted octanol–water partition coefficient (Wildman–Crippen LogP) is 2.61. The van der Waals surface area contributed by atoms with Crippen LogP contribution in [0.4, 0.5) is 0 Å². The number of ketones is 1. The summed E-state index contributed by atoms with van der Waals surface area (Å²) in [4.78, 5) is 23.2. The third-order valence-electron chi connectivity index (χ3n) is 2.16. The van der Waals surface area contributed by atoms with E-state index in [0.717, 1.165) is 0 Å². The number of esters is 1. The molecule has 0 aliphatic rings. The first kappa shape index (κ1) is 14.2. The Kier molecular flexibility index (Phi) is 5.36. The highest BCUT2D eigenvalue weighted by Crippen LogP contribution is 2.21. The first-order chi connectivity index (χ1) is 8.54. The molecule has 0 N–H and O–H groups in total. The lowest BCUT2D eigenvalue weighted by Gasteiger charge is -2.13. The summed E-state index contributed by atoms with van der Waals surface area (Å²) in [6.07, 6.45) is -0.284. The summed E-state index contributed by atoms with van der Waals surface area (Å²) in [5.41, 5.74) is 0.416. The van der Waals surface area contributed by atoms with E-state index in [1.54, 1.807) is 31.2 Å². The lowest BCUT2D eigenvalue weighted by molar-refractivity contribution is -0.141. The first-order valence-corrected chi connectivity index (χ1v) is 5.99. The van der Waals surface area contributed by atoms with Gasteiger partial charge in [-0.25, -0.2) is 0 Å². The fourth-order valence-electron chi connectivity index (χ4n) is 1.49. The van der Waals surface area contributed by atoms with Gasteiger partial charge in [-0.1, -0.05) is 12.1 Å². The summed E-state index contributed by atoms with van der Waals surface area (Å²) in [5.74, 6) is -0.298. The fraction of sp³-hybridized carbons (Fsp3) is 0.429. The summed E-state index contributed by atoms with van der Waals surface area (Å²) in [6.45, 7) is 5.74. The van der Waals surface area contributed by atoms with Gasteiger partial charge in [0, 0.05) is 0 Å². The molecule has 1 aromatic rings. The van der Waals surface area contributed by atoms with Crippen LogP contribution in [0.2, 0.25) is 0 Å². The highest BCUT2D eigenvalue weighted by Gasteiger charge is 2.17. The topological polar surface area (TPSA) is 52.6 Å². The number of Topliss-reactive ketones (excluding diaryl/α,β-unsaturated/α-hetero) is 1. The number of para-hydroxylation sites is 1. The highest BCUT2D eigenvalue weighted by atomic mass is 16.5. The van der Waals surface area contributed by atoms with Crippen LogP contribution in [0.15, 0.2) is 24.3 Å². The number of rotatable bonds is 6. The van der Waals surface area contributed by atoms with E-state index in [1.165, 1.54) is 0 Å². The maximum absolute atomic E-state index is 12.0. The first-order valence-electron chi connectivity index (χ1n) is 5.99. The van der Waals surface area contributed by atoms with Gasteiger partial charge in [0.15, 0.2) is 5.78 Å². The Hall–Kier alpha value is -1.84. The molecule has 0 bridgehead atoms. The minimum absolute atomic E-state index is 0.0263. The van der Waals surface area contributed by atoms with Crippen molar-refractivity contribution in [2.45, 2.75) is 33.3 Å². The minimum atomic E-state index is -0.512.